The van der Waals surface area contributed by atoms with Gasteiger partial charge in [0.25, 0.3) is 5.56 Å². The number of aromatic amines is 2. The fraction of sp³-hybridized carbons (Fsp3) is 0. The molecule has 12 heavy (non-hydrogen) atoms. The molecule has 0 radical (unpaired) electrons. The van der Waals surface area contributed by atoms with E-state index in [-0.39, 0.29) is 5.56 Å². The molecule has 0 aliphatic rings. The largest absolute Gasteiger partial charge is 0.307 e. The van der Waals surface area contributed by atoms with Crippen LogP contribution in [0.3, 0.4) is 0 Å². The second kappa shape index (κ2) is 2.20. The molecular formula is C7H4N4O. The van der Waals surface area contributed by atoms with Crippen LogP contribution in [0.15, 0.2) is 17.1 Å². The molecular weight excluding hydrogens is 156 g/mol. The number of hydrogen-bond donors (Lipinski definition) is 2. The van der Waals surface area contributed by atoms with E-state index in [0.717, 1.165) is 0 Å². The minimum Gasteiger partial charge on any atom is -0.307 e. The van der Waals surface area contributed by atoms with Crippen LogP contribution in [0.4, 0.5) is 0 Å². The fourth-order valence-electron chi connectivity index (χ4n) is 1.05. The summed E-state index contributed by atoms with van der Waals surface area (Å²) in [6.07, 6.45) is 1.50. The Morgan fingerprint density at radius 2 is 2.42 bits per heavy atom. The van der Waals surface area contributed by atoms with E-state index in [1.54, 1.807) is 0 Å². The first-order valence-electron chi connectivity index (χ1n) is 3.28. The van der Waals surface area contributed by atoms with Crippen molar-refractivity contribution in [1.29, 1.82) is 5.26 Å². The zero-order valence-corrected chi connectivity index (χ0v) is 5.96. The van der Waals surface area contributed by atoms with Crippen LogP contribution in [-0.4, -0.2) is 15.2 Å². The Morgan fingerprint density at radius 1 is 1.58 bits per heavy atom. The summed E-state index contributed by atoms with van der Waals surface area (Å²) >= 11 is 0. The molecule has 5 heteroatoms. The standard InChI is InChI=1S/C7H4N4O/c8-2-4-1-6(12)10-7-5(4)3-9-11-7/h1,3H,(H2,9,10,11,12). The SMILES string of the molecule is N#Cc1cc(=O)[nH]c2[nH]ncc12. The van der Waals surface area contributed by atoms with E-state index in [0.29, 0.717) is 16.6 Å². The van der Waals surface area contributed by atoms with Gasteiger partial charge in [-0.1, -0.05) is 0 Å². The van der Waals surface area contributed by atoms with Crippen molar-refractivity contribution in [3.63, 3.8) is 0 Å². The average Bonchev–Trinajstić information content (AvgIpc) is 2.50. The molecule has 2 N–H and O–H groups in total. The van der Waals surface area contributed by atoms with Crippen molar-refractivity contribution in [2.24, 2.45) is 0 Å². The van der Waals surface area contributed by atoms with Crippen molar-refractivity contribution in [2.75, 3.05) is 0 Å². The first-order chi connectivity index (χ1) is 5.81. The van der Waals surface area contributed by atoms with Crippen LogP contribution in [0.1, 0.15) is 5.56 Å². The lowest BCUT2D eigenvalue weighted by atomic mass is 10.2. The fourth-order valence-corrected chi connectivity index (χ4v) is 1.05. The number of nitriles is 1. The number of fused-ring (bicyclic) bond motifs is 1. The van der Waals surface area contributed by atoms with Gasteiger partial charge in [0.2, 0.25) is 0 Å². The van der Waals surface area contributed by atoms with Crippen LogP contribution in [0, 0.1) is 11.3 Å². The summed E-state index contributed by atoms with van der Waals surface area (Å²) < 4.78 is 0. The molecule has 5 nitrogen and oxygen atoms in total. The van der Waals surface area contributed by atoms with Gasteiger partial charge in [0.15, 0.2) is 0 Å². The number of nitrogens with one attached hydrogen (secondary N) is 2. The van der Waals surface area contributed by atoms with E-state index in [2.05, 4.69) is 15.2 Å². The third kappa shape index (κ3) is 0.787. The topological polar surface area (TPSA) is 85.3 Å². The Kier molecular flexibility index (Phi) is 1.21. The van der Waals surface area contributed by atoms with Crippen molar-refractivity contribution in [3.8, 4) is 6.07 Å². The lowest BCUT2D eigenvalue weighted by Crippen LogP contribution is -2.04. The van der Waals surface area contributed by atoms with Crippen LogP contribution in [0.5, 0.6) is 0 Å². The number of hydrogen-bond acceptors (Lipinski definition) is 3. The smallest absolute Gasteiger partial charge is 0.250 e. The highest BCUT2D eigenvalue weighted by atomic mass is 16.1. The van der Waals surface area contributed by atoms with E-state index in [9.17, 15) is 4.79 Å². The molecule has 0 atom stereocenters. The lowest BCUT2D eigenvalue weighted by Gasteiger charge is -1.88. The summed E-state index contributed by atoms with van der Waals surface area (Å²) in [6.45, 7) is 0. The summed E-state index contributed by atoms with van der Waals surface area (Å²) in [5, 5.41) is 15.6. The van der Waals surface area contributed by atoms with Gasteiger partial charge in [0.05, 0.1) is 17.1 Å². The van der Waals surface area contributed by atoms with Gasteiger partial charge in [-0.25, -0.2) is 0 Å². The maximum absolute atomic E-state index is 10.9. The second-order valence-corrected chi connectivity index (χ2v) is 2.32. The van der Waals surface area contributed by atoms with Gasteiger partial charge in [-0.3, -0.25) is 9.89 Å². The van der Waals surface area contributed by atoms with Crippen molar-refractivity contribution in [3.05, 3.63) is 28.2 Å². The summed E-state index contributed by atoms with van der Waals surface area (Å²) in [7, 11) is 0. The Bertz CT molecular complexity index is 516. The Hall–Kier alpha value is -2.09. The highest BCUT2D eigenvalue weighted by Crippen LogP contribution is 2.09. The number of H-pyrrole nitrogens is 2. The maximum atomic E-state index is 10.9. The minimum atomic E-state index is -0.302. The normalized spacial score (nSPS) is 9.92. The number of nitrogens with zero attached hydrogens (tertiary/aromatic N) is 2. The van der Waals surface area contributed by atoms with Crippen LogP contribution >= 0.6 is 0 Å². The van der Waals surface area contributed by atoms with Gasteiger partial charge >= 0.3 is 0 Å². The van der Waals surface area contributed by atoms with Crippen LogP contribution < -0.4 is 5.56 Å². The van der Waals surface area contributed by atoms with Crippen LogP contribution in [0.2, 0.25) is 0 Å². The zero-order valence-electron chi connectivity index (χ0n) is 5.96. The Labute approximate surface area is 66.6 Å². The molecule has 0 amide bonds. The van der Waals surface area contributed by atoms with Gasteiger partial charge in [0, 0.05) is 6.07 Å². The van der Waals surface area contributed by atoms with Gasteiger partial charge in [-0.15, -0.1) is 0 Å². The zero-order chi connectivity index (χ0) is 8.55. The van der Waals surface area contributed by atoms with Crippen molar-refractivity contribution >= 4 is 11.0 Å². The molecule has 0 aliphatic heterocycles. The molecule has 0 unspecified atom stereocenters. The molecule has 0 spiro atoms. The van der Waals surface area contributed by atoms with Gasteiger partial charge < -0.3 is 4.98 Å². The van der Waals surface area contributed by atoms with Crippen LogP contribution in [0.25, 0.3) is 11.0 Å². The highest BCUT2D eigenvalue weighted by Gasteiger charge is 2.02. The second-order valence-electron chi connectivity index (χ2n) is 2.32. The van der Waals surface area contributed by atoms with Crippen LogP contribution in [-0.2, 0) is 0 Å². The van der Waals surface area contributed by atoms with Crippen molar-refractivity contribution in [1.82, 2.24) is 15.2 Å². The first kappa shape index (κ1) is 6.61. The molecule has 0 aromatic carbocycles. The maximum Gasteiger partial charge on any atom is 0.250 e. The number of aromatic nitrogens is 3. The predicted molar refractivity (Wildman–Crippen MR) is 41.4 cm³/mol. The molecule has 0 saturated heterocycles. The van der Waals surface area contributed by atoms with E-state index < -0.39 is 0 Å². The molecule has 2 aromatic heterocycles. The minimum absolute atomic E-state index is 0.302. The molecule has 2 aromatic rings. The molecule has 0 bridgehead atoms. The van der Waals surface area contributed by atoms with E-state index in [4.69, 9.17) is 5.26 Å². The van der Waals surface area contributed by atoms with Crippen molar-refractivity contribution in [2.45, 2.75) is 0 Å². The molecule has 2 rings (SSSR count). The average molecular weight is 160 g/mol. The lowest BCUT2D eigenvalue weighted by molar-refractivity contribution is 1.09. The summed E-state index contributed by atoms with van der Waals surface area (Å²) in [5.41, 5.74) is 0.518. The summed E-state index contributed by atoms with van der Waals surface area (Å²) in [4.78, 5) is 13.4. The molecule has 2 heterocycles. The van der Waals surface area contributed by atoms with E-state index in [1.807, 2.05) is 6.07 Å². The van der Waals surface area contributed by atoms with Gasteiger partial charge in [-0.05, 0) is 0 Å². The molecule has 0 fully saturated rings. The Morgan fingerprint density at radius 3 is 3.17 bits per heavy atom. The third-order valence-electron chi connectivity index (χ3n) is 1.57. The van der Waals surface area contributed by atoms with Gasteiger partial charge in [0.1, 0.15) is 11.7 Å². The highest BCUT2D eigenvalue weighted by molar-refractivity contribution is 5.80. The van der Waals surface area contributed by atoms with Crippen molar-refractivity contribution < 1.29 is 0 Å². The third-order valence-corrected chi connectivity index (χ3v) is 1.57. The monoisotopic (exact) mass is 160 g/mol. The predicted octanol–water partition coefficient (Wildman–Crippen LogP) is 0.123. The molecule has 58 valence electrons. The quantitative estimate of drug-likeness (QED) is 0.574. The van der Waals surface area contributed by atoms with E-state index >= 15 is 0 Å². The number of pyridine rings is 1. The molecule has 0 aliphatic carbocycles. The van der Waals surface area contributed by atoms with E-state index in [1.165, 1.54) is 12.3 Å². The van der Waals surface area contributed by atoms with Gasteiger partial charge in [-0.2, -0.15) is 10.4 Å². The molecule has 0 saturated carbocycles. The first-order valence-corrected chi connectivity index (χ1v) is 3.28. The Balaban J connectivity index is 3.01. The summed E-state index contributed by atoms with van der Waals surface area (Å²) in [5.74, 6) is 0. The summed E-state index contributed by atoms with van der Waals surface area (Å²) in [6, 6.07) is 3.16. The number of rotatable bonds is 0.